The summed E-state index contributed by atoms with van der Waals surface area (Å²) in [5, 5.41) is -0.515. The minimum Gasteiger partial charge on any atom is -0.493 e. The van der Waals surface area contributed by atoms with Crippen LogP contribution in [0.2, 0.25) is 0 Å². The van der Waals surface area contributed by atoms with Crippen LogP contribution in [0, 0.1) is 12.3 Å². The fourth-order valence-electron chi connectivity index (χ4n) is 2.27. The molecule has 0 spiro atoms. The van der Waals surface area contributed by atoms with Gasteiger partial charge in [0.25, 0.3) is 11.1 Å². The van der Waals surface area contributed by atoms with Crippen LogP contribution in [-0.4, -0.2) is 48.4 Å². The van der Waals surface area contributed by atoms with Crippen molar-refractivity contribution in [2.45, 2.75) is 26.4 Å². The number of terminal acetylenes is 1. The number of carbonyl (C=O) groups is 3. The van der Waals surface area contributed by atoms with Crippen molar-refractivity contribution in [3.63, 3.8) is 0 Å². The van der Waals surface area contributed by atoms with E-state index < -0.39 is 23.7 Å². The lowest BCUT2D eigenvalue weighted by atomic mass is 10.2. The summed E-state index contributed by atoms with van der Waals surface area (Å²) in [6.45, 7) is 3.31. The largest absolute Gasteiger partial charge is 0.493 e. The summed E-state index contributed by atoms with van der Waals surface area (Å²) in [4.78, 5) is 37.6. The van der Waals surface area contributed by atoms with Gasteiger partial charge in [0.15, 0.2) is 11.5 Å². The first-order valence-electron chi connectivity index (χ1n) is 8.58. The molecule has 2 rings (SSSR count). The summed E-state index contributed by atoms with van der Waals surface area (Å²) < 4.78 is 15.8. The number of ether oxygens (including phenoxy) is 3. The summed E-state index contributed by atoms with van der Waals surface area (Å²) >= 11 is 0.767. The number of rotatable bonds is 8. The standard InChI is InChI=1S/C20H21NO6S/c1-5-9-26-15-8-7-14(10-16(15)25-4)11-17-19(23)21(20(24)28-17)12-18(22)27-13(3)6-2/h1,7-8,10-11,13H,6,9,12H2,2-4H3/b17-11-/t13-/m1/s1. The van der Waals surface area contributed by atoms with Gasteiger partial charge >= 0.3 is 5.97 Å². The van der Waals surface area contributed by atoms with E-state index in [1.165, 1.54) is 7.11 Å². The average Bonchev–Trinajstić information content (AvgIpc) is 2.93. The maximum Gasteiger partial charge on any atom is 0.326 e. The lowest BCUT2D eigenvalue weighted by Gasteiger charge is -2.14. The fourth-order valence-corrected chi connectivity index (χ4v) is 3.11. The molecule has 1 aromatic rings. The van der Waals surface area contributed by atoms with Crippen molar-refractivity contribution in [1.82, 2.24) is 4.90 Å². The molecule has 1 aliphatic rings. The van der Waals surface area contributed by atoms with Crippen LogP contribution in [0.3, 0.4) is 0 Å². The highest BCUT2D eigenvalue weighted by molar-refractivity contribution is 8.18. The van der Waals surface area contributed by atoms with Crippen LogP contribution in [-0.2, 0) is 14.3 Å². The van der Waals surface area contributed by atoms with Crippen LogP contribution in [0.1, 0.15) is 25.8 Å². The van der Waals surface area contributed by atoms with Gasteiger partial charge in [-0.1, -0.05) is 18.9 Å². The van der Waals surface area contributed by atoms with Crippen LogP contribution in [0.5, 0.6) is 11.5 Å². The van der Waals surface area contributed by atoms with Crippen molar-refractivity contribution in [2.75, 3.05) is 20.3 Å². The predicted octanol–water partition coefficient (Wildman–Crippen LogP) is 3.09. The van der Waals surface area contributed by atoms with E-state index in [1.54, 1.807) is 31.2 Å². The van der Waals surface area contributed by atoms with Gasteiger partial charge in [-0.3, -0.25) is 19.3 Å². The van der Waals surface area contributed by atoms with Crippen molar-refractivity contribution < 1.29 is 28.6 Å². The maximum atomic E-state index is 12.5. The van der Waals surface area contributed by atoms with E-state index in [9.17, 15) is 14.4 Å². The molecule has 0 aromatic heterocycles. The van der Waals surface area contributed by atoms with Crippen LogP contribution in [0.4, 0.5) is 4.79 Å². The molecule has 1 aromatic carbocycles. The molecule has 0 radical (unpaired) electrons. The molecule has 148 valence electrons. The third-order valence-corrected chi connectivity index (χ3v) is 4.77. The van der Waals surface area contributed by atoms with Gasteiger partial charge in [-0.15, -0.1) is 6.42 Å². The zero-order valence-corrected chi connectivity index (χ0v) is 16.7. The van der Waals surface area contributed by atoms with Gasteiger partial charge < -0.3 is 14.2 Å². The van der Waals surface area contributed by atoms with Gasteiger partial charge in [-0.25, -0.2) is 0 Å². The molecule has 1 fully saturated rings. The van der Waals surface area contributed by atoms with Crippen molar-refractivity contribution in [3.05, 3.63) is 28.7 Å². The molecule has 1 aliphatic heterocycles. The van der Waals surface area contributed by atoms with Crippen molar-refractivity contribution in [1.29, 1.82) is 0 Å². The van der Waals surface area contributed by atoms with Crippen LogP contribution >= 0.6 is 11.8 Å². The summed E-state index contributed by atoms with van der Waals surface area (Å²) in [6.07, 6.45) is 7.11. The monoisotopic (exact) mass is 403 g/mol. The summed E-state index contributed by atoms with van der Waals surface area (Å²) in [5.74, 6) is 2.13. The van der Waals surface area contributed by atoms with E-state index in [0.717, 1.165) is 16.7 Å². The summed E-state index contributed by atoms with van der Waals surface area (Å²) in [5.41, 5.74) is 0.637. The second kappa shape index (κ2) is 9.85. The Kier molecular flexibility index (Phi) is 7.52. The van der Waals surface area contributed by atoms with Gasteiger partial charge in [0.05, 0.1) is 18.1 Å². The Morgan fingerprint density at radius 3 is 2.75 bits per heavy atom. The normalized spacial score (nSPS) is 16.1. The lowest BCUT2D eigenvalue weighted by molar-refractivity contribution is -0.150. The molecule has 8 heteroatoms. The number of benzene rings is 1. The molecule has 0 unspecified atom stereocenters. The van der Waals surface area contributed by atoms with Crippen molar-refractivity contribution >= 4 is 35.0 Å². The van der Waals surface area contributed by atoms with Gasteiger partial charge in [0.1, 0.15) is 13.2 Å². The minimum atomic E-state index is -0.616. The van der Waals surface area contributed by atoms with Crippen LogP contribution < -0.4 is 9.47 Å². The Labute approximate surface area is 168 Å². The fraction of sp³-hybridized carbons (Fsp3) is 0.350. The first kappa shape index (κ1) is 21.4. The number of esters is 1. The number of hydrogen-bond acceptors (Lipinski definition) is 7. The van der Waals surface area contributed by atoms with Gasteiger partial charge in [0, 0.05) is 0 Å². The SMILES string of the molecule is C#CCOc1ccc(/C=C2\SC(=O)N(CC(=O)O[C@H](C)CC)C2=O)cc1OC. The second-order valence-electron chi connectivity index (χ2n) is 5.88. The third kappa shape index (κ3) is 5.30. The summed E-state index contributed by atoms with van der Waals surface area (Å²) in [7, 11) is 1.48. The minimum absolute atomic E-state index is 0.0986. The Morgan fingerprint density at radius 1 is 1.36 bits per heavy atom. The molecule has 0 aliphatic carbocycles. The highest BCUT2D eigenvalue weighted by Gasteiger charge is 2.36. The summed E-state index contributed by atoms with van der Waals surface area (Å²) in [6, 6.07) is 5.03. The van der Waals surface area contributed by atoms with E-state index in [2.05, 4.69) is 5.92 Å². The van der Waals surface area contributed by atoms with E-state index in [4.69, 9.17) is 20.6 Å². The molecule has 0 saturated carbocycles. The number of methoxy groups -OCH3 is 1. The van der Waals surface area contributed by atoms with E-state index >= 15 is 0 Å². The Morgan fingerprint density at radius 2 is 2.11 bits per heavy atom. The number of amides is 2. The van der Waals surface area contributed by atoms with Crippen LogP contribution in [0.15, 0.2) is 23.1 Å². The third-order valence-electron chi connectivity index (χ3n) is 3.86. The molecule has 1 saturated heterocycles. The highest BCUT2D eigenvalue weighted by Crippen LogP contribution is 2.34. The predicted molar refractivity (Wildman–Crippen MR) is 106 cm³/mol. The van der Waals surface area contributed by atoms with Gasteiger partial charge in [0.2, 0.25) is 0 Å². The molecule has 1 atom stereocenters. The number of thioether (sulfide) groups is 1. The zero-order valence-electron chi connectivity index (χ0n) is 15.9. The number of hydrogen-bond donors (Lipinski definition) is 0. The molecular weight excluding hydrogens is 382 g/mol. The van der Waals surface area contributed by atoms with Gasteiger partial charge in [-0.2, -0.15) is 0 Å². The molecule has 0 bridgehead atoms. The highest BCUT2D eigenvalue weighted by atomic mass is 32.2. The number of imide groups is 1. The number of nitrogens with zero attached hydrogens (tertiary/aromatic N) is 1. The van der Waals surface area contributed by atoms with E-state index in [0.29, 0.717) is 23.5 Å². The zero-order chi connectivity index (χ0) is 20.7. The molecule has 2 amide bonds. The van der Waals surface area contributed by atoms with Crippen molar-refractivity contribution in [2.24, 2.45) is 0 Å². The molecule has 28 heavy (non-hydrogen) atoms. The topological polar surface area (TPSA) is 82.1 Å². The Hall–Kier alpha value is -2.92. The average molecular weight is 403 g/mol. The molecule has 7 nitrogen and oxygen atoms in total. The quantitative estimate of drug-likeness (QED) is 0.375. The first-order chi connectivity index (χ1) is 13.4. The smallest absolute Gasteiger partial charge is 0.326 e. The second-order valence-corrected chi connectivity index (χ2v) is 6.87. The molecule has 0 N–H and O–H groups in total. The maximum absolute atomic E-state index is 12.5. The number of carbonyl (C=O) groups excluding carboxylic acids is 3. The van der Waals surface area contributed by atoms with E-state index in [-0.39, 0.29) is 17.6 Å². The van der Waals surface area contributed by atoms with Crippen LogP contribution in [0.25, 0.3) is 6.08 Å². The molecule has 1 heterocycles. The van der Waals surface area contributed by atoms with Gasteiger partial charge in [-0.05, 0) is 48.9 Å². The van der Waals surface area contributed by atoms with Crippen molar-refractivity contribution in [3.8, 4) is 23.8 Å². The molecular formula is C20H21NO6S. The Balaban J connectivity index is 2.14. The Bertz CT molecular complexity index is 842. The first-order valence-corrected chi connectivity index (χ1v) is 9.40. The van der Waals surface area contributed by atoms with E-state index in [1.807, 2.05) is 6.92 Å². The lowest BCUT2D eigenvalue weighted by Crippen LogP contribution is -2.35.